The Morgan fingerprint density at radius 1 is 0.938 bits per heavy atom. The predicted molar refractivity (Wildman–Crippen MR) is 67.6 cm³/mol. The first-order valence-corrected chi connectivity index (χ1v) is 5.75. The SMILES string of the molecule is CC(C)c1cccc(Cc2ccccc2)n1. The van der Waals surface area contributed by atoms with Crippen molar-refractivity contribution >= 4 is 0 Å². The number of nitrogens with zero attached hydrogens (tertiary/aromatic N) is 1. The molecular formula is C15H17N. The zero-order valence-electron chi connectivity index (χ0n) is 9.85. The van der Waals surface area contributed by atoms with Crippen molar-refractivity contribution in [3.63, 3.8) is 0 Å². The third-order valence-corrected chi connectivity index (χ3v) is 2.65. The van der Waals surface area contributed by atoms with E-state index in [4.69, 9.17) is 0 Å². The molecule has 0 saturated heterocycles. The Labute approximate surface area is 97.2 Å². The van der Waals surface area contributed by atoms with Crippen LogP contribution >= 0.6 is 0 Å². The minimum Gasteiger partial charge on any atom is -0.257 e. The van der Waals surface area contributed by atoms with Crippen LogP contribution in [0.2, 0.25) is 0 Å². The highest BCUT2D eigenvalue weighted by atomic mass is 14.7. The molecule has 0 radical (unpaired) electrons. The molecular weight excluding hydrogens is 194 g/mol. The molecule has 0 unspecified atom stereocenters. The molecule has 1 aromatic carbocycles. The van der Waals surface area contributed by atoms with Crippen molar-refractivity contribution in [2.24, 2.45) is 0 Å². The lowest BCUT2D eigenvalue weighted by atomic mass is 10.1. The van der Waals surface area contributed by atoms with Gasteiger partial charge in [0.2, 0.25) is 0 Å². The number of benzene rings is 1. The number of pyridine rings is 1. The number of rotatable bonds is 3. The fourth-order valence-corrected chi connectivity index (χ4v) is 1.72. The van der Waals surface area contributed by atoms with Gasteiger partial charge in [0.1, 0.15) is 0 Å². The number of aromatic nitrogens is 1. The van der Waals surface area contributed by atoms with Gasteiger partial charge in [0.15, 0.2) is 0 Å². The minimum atomic E-state index is 0.496. The highest BCUT2D eigenvalue weighted by molar-refractivity contribution is 5.23. The molecule has 1 aromatic heterocycles. The summed E-state index contributed by atoms with van der Waals surface area (Å²) < 4.78 is 0. The smallest absolute Gasteiger partial charge is 0.0450 e. The van der Waals surface area contributed by atoms with Crippen LogP contribution in [0.15, 0.2) is 48.5 Å². The Balaban J connectivity index is 2.19. The molecule has 82 valence electrons. The Hall–Kier alpha value is -1.63. The first-order valence-electron chi connectivity index (χ1n) is 5.75. The largest absolute Gasteiger partial charge is 0.257 e. The first-order chi connectivity index (χ1) is 7.75. The third-order valence-electron chi connectivity index (χ3n) is 2.65. The zero-order chi connectivity index (χ0) is 11.4. The van der Waals surface area contributed by atoms with E-state index in [9.17, 15) is 0 Å². The van der Waals surface area contributed by atoms with Crippen LogP contribution in [0.4, 0.5) is 0 Å². The average molecular weight is 211 g/mol. The van der Waals surface area contributed by atoms with Crippen LogP contribution in [0.3, 0.4) is 0 Å². The molecule has 0 aliphatic rings. The van der Waals surface area contributed by atoms with Crippen molar-refractivity contribution in [1.82, 2.24) is 4.98 Å². The maximum absolute atomic E-state index is 4.67. The Morgan fingerprint density at radius 2 is 1.69 bits per heavy atom. The molecule has 1 heterocycles. The van der Waals surface area contributed by atoms with Crippen molar-refractivity contribution in [1.29, 1.82) is 0 Å². The van der Waals surface area contributed by atoms with Gasteiger partial charge < -0.3 is 0 Å². The van der Waals surface area contributed by atoms with Gasteiger partial charge in [-0.1, -0.05) is 50.2 Å². The second-order valence-corrected chi connectivity index (χ2v) is 4.37. The van der Waals surface area contributed by atoms with Gasteiger partial charge in [-0.15, -0.1) is 0 Å². The Morgan fingerprint density at radius 3 is 2.38 bits per heavy atom. The fraction of sp³-hybridized carbons (Fsp3) is 0.267. The molecule has 0 aliphatic carbocycles. The molecule has 0 saturated carbocycles. The lowest BCUT2D eigenvalue weighted by molar-refractivity contribution is 0.809. The summed E-state index contributed by atoms with van der Waals surface area (Å²) in [5.41, 5.74) is 3.64. The van der Waals surface area contributed by atoms with Crippen LogP contribution in [0.1, 0.15) is 36.7 Å². The number of hydrogen-bond acceptors (Lipinski definition) is 1. The van der Waals surface area contributed by atoms with Crippen molar-refractivity contribution in [2.75, 3.05) is 0 Å². The molecule has 0 aliphatic heterocycles. The van der Waals surface area contributed by atoms with E-state index in [1.807, 2.05) is 6.07 Å². The molecule has 0 fully saturated rings. The van der Waals surface area contributed by atoms with Gasteiger partial charge in [-0.2, -0.15) is 0 Å². The van der Waals surface area contributed by atoms with Gasteiger partial charge in [0, 0.05) is 17.8 Å². The van der Waals surface area contributed by atoms with Gasteiger partial charge in [0.25, 0.3) is 0 Å². The number of hydrogen-bond donors (Lipinski definition) is 0. The van der Waals surface area contributed by atoms with Gasteiger partial charge in [-0.25, -0.2) is 0 Å². The summed E-state index contributed by atoms with van der Waals surface area (Å²) in [6.45, 7) is 4.35. The minimum absolute atomic E-state index is 0.496. The summed E-state index contributed by atoms with van der Waals surface area (Å²) in [6.07, 6.45) is 0.918. The molecule has 16 heavy (non-hydrogen) atoms. The summed E-state index contributed by atoms with van der Waals surface area (Å²) in [6, 6.07) is 16.8. The van der Waals surface area contributed by atoms with Gasteiger partial charge >= 0.3 is 0 Å². The normalized spacial score (nSPS) is 10.7. The summed E-state index contributed by atoms with van der Waals surface area (Å²) in [4.78, 5) is 4.67. The van der Waals surface area contributed by atoms with Crippen molar-refractivity contribution in [3.8, 4) is 0 Å². The summed E-state index contributed by atoms with van der Waals surface area (Å²) in [7, 11) is 0. The average Bonchev–Trinajstić information content (AvgIpc) is 2.30. The van der Waals surface area contributed by atoms with Crippen molar-refractivity contribution < 1.29 is 0 Å². The van der Waals surface area contributed by atoms with Gasteiger partial charge in [-0.05, 0) is 23.6 Å². The van der Waals surface area contributed by atoms with Gasteiger partial charge in [0.05, 0.1) is 0 Å². The lowest BCUT2D eigenvalue weighted by Crippen LogP contribution is -1.97. The second kappa shape index (κ2) is 4.93. The maximum atomic E-state index is 4.67. The van der Waals surface area contributed by atoms with E-state index < -0.39 is 0 Å². The van der Waals surface area contributed by atoms with Crippen LogP contribution in [0.25, 0.3) is 0 Å². The van der Waals surface area contributed by atoms with Crippen LogP contribution in [-0.2, 0) is 6.42 Å². The highest BCUT2D eigenvalue weighted by Gasteiger charge is 2.02. The zero-order valence-corrected chi connectivity index (χ0v) is 9.85. The highest BCUT2D eigenvalue weighted by Crippen LogP contribution is 2.13. The third kappa shape index (κ3) is 2.69. The quantitative estimate of drug-likeness (QED) is 0.752. The Bertz CT molecular complexity index is 446. The van der Waals surface area contributed by atoms with Crippen molar-refractivity contribution in [3.05, 3.63) is 65.5 Å². The molecule has 2 rings (SSSR count). The lowest BCUT2D eigenvalue weighted by Gasteiger charge is -2.07. The fourth-order valence-electron chi connectivity index (χ4n) is 1.72. The van der Waals surface area contributed by atoms with E-state index in [0.29, 0.717) is 5.92 Å². The molecule has 1 nitrogen and oxygen atoms in total. The molecule has 2 aromatic rings. The summed E-state index contributed by atoms with van der Waals surface area (Å²) in [5.74, 6) is 0.496. The van der Waals surface area contributed by atoms with E-state index in [0.717, 1.165) is 12.1 Å². The van der Waals surface area contributed by atoms with E-state index in [1.54, 1.807) is 0 Å². The van der Waals surface area contributed by atoms with Crippen LogP contribution < -0.4 is 0 Å². The predicted octanol–water partition coefficient (Wildman–Crippen LogP) is 3.80. The topological polar surface area (TPSA) is 12.9 Å². The molecule has 0 N–H and O–H groups in total. The van der Waals surface area contributed by atoms with Crippen molar-refractivity contribution in [2.45, 2.75) is 26.2 Å². The molecule has 1 heteroatoms. The van der Waals surface area contributed by atoms with E-state index in [2.05, 4.69) is 61.3 Å². The van der Waals surface area contributed by atoms with Gasteiger partial charge in [-0.3, -0.25) is 4.98 Å². The van der Waals surface area contributed by atoms with Crippen LogP contribution in [0, 0.1) is 0 Å². The second-order valence-electron chi connectivity index (χ2n) is 4.37. The van der Waals surface area contributed by atoms with Crippen LogP contribution in [0.5, 0.6) is 0 Å². The Kier molecular flexibility index (Phi) is 3.35. The van der Waals surface area contributed by atoms with Crippen LogP contribution in [-0.4, -0.2) is 4.98 Å². The van der Waals surface area contributed by atoms with E-state index in [1.165, 1.54) is 11.3 Å². The molecule has 0 bridgehead atoms. The van der Waals surface area contributed by atoms with E-state index in [-0.39, 0.29) is 0 Å². The molecule has 0 spiro atoms. The van der Waals surface area contributed by atoms with E-state index >= 15 is 0 Å². The monoisotopic (exact) mass is 211 g/mol. The maximum Gasteiger partial charge on any atom is 0.0450 e. The molecule has 0 amide bonds. The standard InChI is InChI=1S/C15H17N/c1-12(2)15-10-6-9-14(16-15)11-13-7-4-3-5-8-13/h3-10,12H,11H2,1-2H3. The first kappa shape index (κ1) is 10.9. The summed E-state index contributed by atoms with van der Waals surface area (Å²) in [5, 5.41) is 0. The summed E-state index contributed by atoms with van der Waals surface area (Å²) >= 11 is 0. The molecule has 0 atom stereocenters.